The van der Waals surface area contributed by atoms with Gasteiger partial charge in [0.25, 0.3) is 0 Å². The van der Waals surface area contributed by atoms with Crippen molar-refractivity contribution in [1.29, 1.82) is 5.26 Å². The Morgan fingerprint density at radius 1 is 1.21 bits per heavy atom. The predicted molar refractivity (Wildman–Crippen MR) is 123 cm³/mol. The molecule has 1 aromatic rings. The summed E-state index contributed by atoms with van der Waals surface area (Å²) >= 11 is 0. The fourth-order valence-electron chi connectivity index (χ4n) is 4.53. The molecule has 2 saturated heterocycles. The molecule has 1 amide bonds. The molecule has 0 saturated carbocycles. The van der Waals surface area contributed by atoms with Crippen molar-refractivity contribution in [2.75, 3.05) is 52.4 Å². The van der Waals surface area contributed by atoms with Crippen molar-refractivity contribution in [3.8, 4) is 11.8 Å². The first-order valence-corrected chi connectivity index (χ1v) is 11.6. The van der Waals surface area contributed by atoms with Crippen molar-refractivity contribution in [3.05, 3.63) is 29.8 Å². The summed E-state index contributed by atoms with van der Waals surface area (Å²) in [5.74, 6) is 0.635. The minimum atomic E-state index is -0.876. The lowest BCUT2D eigenvalue weighted by atomic mass is 10.1. The van der Waals surface area contributed by atoms with Crippen molar-refractivity contribution in [2.24, 2.45) is 0 Å². The van der Waals surface area contributed by atoms with E-state index in [2.05, 4.69) is 15.9 Å². The van der Waals surface area contributed by atoms with Crippen molar-refractivity contribution < 1.29 is 24.5 Å². The Labute approximate surface area is 196 Å². The van der Waals surface area contributed by atoms with Crippen LogP contribution in [-0.4, -0.2) is 107 Å². The molecule has 2 aliphatic rings. The highest BCUT2D eigenvalue weighted by atomic mass is 16.5. The summed E-state index contributed by atoms with van der Waals surface area (Å²) in [4.78, 5) is 17.6. The van der Waals surface area contributed by atoms with Gasteiger partial charge in [0, 0.05) is 51.4 Å². The van der Waals surface area contributed by atoms with Crippen molar-refractivity contribution in [2.45, 2.75) is 51.0 Å². The second kappa shape index (κ2) is 11.2. The van der Waals surface area contributed by atoms with Gasteiger partial charge in [-0.2, -0.15) is 5.26 Å². The lowest BCUT2D eigenvalue weighted by Crippen LogP contribution is -2.60. The predicted octanol–water partition coefficient (Wildman–Crippen LogP) is 1.85. The molecule has 0 radical (unpaired) electrons. The number of nitrogens with zero attached hydrogens (tertiary/aromatic N) is 4. The monoisotopic (exact) mass is 460 g/mol. The molecule has 2 N–H and O–H groups in total. The molecule has 2 bridgehead atoms. The molecule has 9 heteroatoms. The molecule has 1 aromatic carbocycles. The van der Waals surface area contributed by atoms with Crippen LogP contribution < -0.4 is 4.74 Å². The first kappa shape index (κ1) is 25.2. The molecule has 2 heterocycles. The Kier molecular flexibility index (Phi) is 8.54. The number of aliphatic hydroxyl groups excluding tert-OH is 1. The highest BCUT2D eigenvalue weighted by molar-refractivity contribution is 5.65. The molecule has 2 aliphatic heterocycles. The molecule has 182 valence electrons. The van der Waals surface area contributed by atoms with Crippen LogP contribution in [0.5, 0.6) is 5.75 Å². The Hall–Kier alpha value is -2.38. The molecule has 0 aliphatic carbocycles. The zero-order chi connectivity index (χ0) is 24.0. The summed E-state index contributed by atoms with van der Waals surface area (Å²) in [6.07, 6.45) is -0.531. The van der Waals surface area contributed by atoms with E-state index in [1.807, 2.05) is 20.8 Å². The summed E-state index contributed by atoms with van der Waals surface area (Å²) in [5.41, 5.74) is 0.170. The molecular formula is C24H36N4O5. The van der Waals surface area contributed by atoms with E-state index in [-0.39, 0.29) is 18.8 Å². The van der Waals surface area contributed by atoms with E-state index in [9.17, 15) is 15.0 Å². The number of ether oxygens (including phenoxy) is 2. The van der Waals surface area contributed by atoms with E-state index in [0.29, 0.717) is 24.4 Å². The number of β-amino-alcohol motifs (C(OH)–C–C–N with tert-alkyl or cyclic N) is 1. The number of amides is 1. The highest BCUT2D eigenvalue weighted by Crippen LogP contribution is 2.21. The topological polar surface area (TPSA) is 110 Å². The fraction of sp³-hybridized carbons (Fsp3) is 0.667. The van der Waals surface area contributed by atoms with Crippen LogP contribution in [0.1, 0.15) is 32.8 Å². The molecule has 2 fully saturated rings. The van der Waals surface area contributed by atoms with Crippen molar-refractivity contribution in [3.63, 3.8) is 0 Å². The van der Waals surface area contributed by atoms with E-state index in [1.165, 1.54) is 4.90 Å². The lowest BCUT2D eigenvalue weighted by Gasteiger charge is -2.46. The summed E-state index contributed by atoms with van der Waals surface area (Å²) in [6.45, 7) is 11.0. The van der Waals surface area contributed by atoms with Crippen LogP contribution in [0.15, 0.2) is 24.3 Å². The van der Waals surface area contributed by atoms with E-state index in [0.717, 1.165) is 39.1 Å². The standard InChI is InChI=1S/C24H36N4O5/c1-24(2,3)28(23(30)31)10-4-9-26-13-21-15-27(16-22(14-26)33-21)12-19(29)17-32-20-7-5-18(11-25)6-8-20/h5-8,19,21-22,29H,4,9-10,12-17H2,1-3H3,(H,30,31)/t19-,21?,22?/m0/s1. The zero-order valence-corrected chi connectivity index (χ0v) is 19.8. The maximum absolute atomic E-state index is 11.5. The van der Waals surface area contributed by atoms with Gasteiger partial charge in [0.15, 0.2) is 0 Å². The van der Waals surface area contributed by atoms with E-state index >= 15 is 0 Å². The average Bonchev–Trinajstić information content (AvgIpc) is 2.74. The van der Waals surface area contributed by atoms with Gasteiger partial charge in [-0.05, 0) is 51.5 Å². The SMILES string of the molecule is CC(C)(C)N(CCCN1CC2CN(C[C@H](O)COc3ccc(C#N)cc3)CC(C1)O2)C(=O)O. The van der Waals surface area contributed by atoms with Gasteiger partial charge in [-0.1, -0.05) is 0 Å². The normalized spacial score (nSPS) is 22.4. The van der Waals surface area contributed by atoms with Crippen LogP contribution in [0.4, 0.5) is 4.79 Å². The number of rotatable bonds is 9. The third-order valence-electron chi connectivity index (χ3n) is 6.02. The van der Waals surface area contributed by atoms with E-state index < -0.39 is 17.7 Å². The number of nitriles is 1. The molecule has 2 unspecified atom stereocenters. The minimum absolute atomic E-state index is 0.0855. The smallest absolute Gasteiger partial charge is 0.407 e. The van der Waals surface area contributed by atoms with Crippen LogP contribution in [0, 0.1) is 11.3 Å². The molecule has 0 aromatic heterocycles. The number of morpholine rings is 2. The number of aliphatic hydroxyl groups is 1. The quantitative estimate of drug-likeness (QED) is 0.575. The number of benzene rings is 1. The molecule has 3 atom stereocenters. The van der Waals surface area contributed by atoms with Gasteiger partial charge >= 0.3 is 6.09 Å². The van der Waals surface area contributed by atoms with Gasteiger partial charge in [-0.15, -0.1) is 0 Å². The number of carboxylic acid groups (broad SMARTS) is 1. The molecule has 9 nitrogen and oxygen atoms in total. The molecule has 0 spiro atoms. The van der Waals surface area contributed by atoms with Gasteiger partial charge < -0.3 is 24.6 Å². The van der Waals surface area contributed by atoms with Gasteiger partial charge in [-0.3, -0.25) is 9.80 Å². The summed E-state index contributed by atoms with van der Waals surface area (Å²) in [5, 5.41) is 28.7. The number of carbonyl (C=O) groups is 1. The van der Waals surface area contributed by atoms with Gasteiger partial charge in [0.05, 0.1) is 23.8 Å². The van der Waals surface area contributed by atoms with Gasteiger partial charge in [0.2, 0.25) is 0 Å². The number of fused-ring (bicyclic) bond motifs is 2. The third-order valence-corrected chi connectivity index (χ3v) is 6.02. The van der Waals surface area contributed by atoms with Crippen molar-refractivity contribution >= 4 is 6.09 Å². The lowest BCUT2D eigenvalue weighted by molar-refractivity contribution is -0.143. The zero-order valence-electron chi connectivity index (χ0n) is 19.8. The first-order valence-electron chi connectivity index (χ1n) is 11.6. The third kappa shape index (κ3) is 7.57. The Balaban J connectivity index is 1.39. The van der Waals surface area contributed by atoms with E-state index in [4.69, 9.17) is 14.7 Å². The summed E-state index contributed by atoms with van der Waals surface area (Å²) in [6, 6.07) is 8.92. The fourth-order valence-corrected chi connectivity index (χ4v) is 4.53. The van der Waals surface area contributed by atoms with Crippen LogP contribution >= 0.6 is 0 Å². The van der Waals surface area contributed by atoms with Crippen LogP contribution in [0.2, 0.25) is 0 Å². The number of hydrogen-bond acceptors (Lipinski definition) is 7. The maximum Gasteiger partial charge on any atom is 0.407 e. The molecule has 3 rings (SSSR count). The van der Waals surface area contributed by atoms with Crippen molar-refractivity contribution in [1.82, 2.24) is 14.7 Å². The van der Waals surface area contributed by atoms with E-state index in [1.54, 1.807) is 24.3 Å². The molecular weight excluding hydrogens is 424 g/mol. The van der Waals surface area contributed by atoms with Gasteiger partial charge in [-0.25, -0.2) is 4.79 Å². The largest absolute Gasteiger partial charge is 0.491 e. The summed E-state index contributed by atoms with van der Waals surface area (Å²) in [7, 11) is 0. The molecule has 33 heavy (non-hydrogen) atoms. The average molecular weight is 461 g/mol. The second-order valence-electron chi connectivity index (χ2n) is 9.92. The van der Waals surface area contributed by atoms with Crippen LogP contribution in [-0.2, 0) is 4.74 Å². The highest BCUT2D eigenvalue weighted by Gasteiger charge is 2.35. The van der Waals surface area contributed by atoms with Crippen LogP contribution in [0.3, 0.4) is 0 Å². The maximum atomic E-state index is 11.5. The van der Waals surface area contributed by atoms with Gasteiger partial charge in [0.1, 0.15) is 18.5 Å². The minimum Gasteiger partial charge on any atom is -0.491 e. The Morgan fingerprint density at radius 3 is 2.36 bits per heavy atom. The first-order chi connectivity index (χ1) is 15.6. The number of hydrogen-bond donors (Lipinski definition) is 2. The Morgan fingerprint density at radius 2 is 1.82 bits per heavy atom. The summed E-state index contributed by atoms with van der Waals surface area (Å²) < 4.78 is 11.8. The van der Waals surface area contributed by atoms with Crippen LogP contribution in [0.25, 0.3) is 0 Å². The second-order valence-corrected chi connectivity index (χ2v) is 9.92. The Bertz CT molecular complexity index is 806.